The molecule has 0 aliphatic rings. The second-order valence-electron chi connectivity index (χ2n) is 6.89. The van der Waals surface area contributed by atoms with Crippen LogP contribution in [0, 0.1) is 27.7 Å². The maximum atomic E-state index is 12.9. The zero-order valence-corrected chi connectivity index (χ0v) is 16.4. The maximum absolute atomic E-state index is 12.9. The van der Waals surface area contributed by atoms with E-state index < -0.39 is 0 Å². The summed E-state index contributed by atoms with van der Waals surface area (Å²) in [5.74, 6) is 0.216. The second kappa shape index (κ2) is 6.98. The summed E-state index contributed by atoms with van der Waals surface area (Å²) in [5, 5.41) is 8.72. The Morgan fingerprint density at radius 1 is 1.23 bits per heavy atom. The maximum Gasteiger partial charge on any atom is 0.287 e. The van der Waals surface area contributed by atoms with E-state index in [1.54, 1.807) is 0 Å². The topological polar surface area (TPSA) is 60.1 Å². The molecule has 1 aromatic carbocycles. The van der Waals surface area contributed by atoms with Gasteiger partial charge >= 0.3 is 0 Å². The molecule has 2 heterocycles. The fraction of sp³-hybridized carbons (Fsp3) is 0.429. The van der Waals surface area contributed by atoms with Crippen molar-refractivity contribution in [3.05, 3.63) is 52.0 Å². The summed E-state index contributed by atoms with van der Waals surface area (Å²) in [7, 11) is 0. The lowest BCUT2D eigenvalue weighted by Gasteiger charge is -2.17. The number of benzene rings is 1. The van der Waals surface area contributed by atoms with Gasteiger partial charge < -0.3 is 9.73 Å². The van der Waals surface area contributed by atoms with Gasteiger partial charge in [-0.15, -0.1) is 0 Å². The molecule has 5 nitrogen and oxygen atoms in total. The standard InChI is InChI=1S/C21H27N3O2/c1-7-17(19-14(5)23-24(8-2)15(19)6)22-21(25)20-13(4)16-10-9-12(3)11-18(16)26-20/h9-11,17H,7-8H2,1-6H3,(H,22,25)/t17-/m1/s1. The minimum atomic E-state index is -0.175. The number of rotatable bonds is 5. The van der Waals surface area contributed by atoms with Crippen molar-refractivity contribution < 1.29 is 9.21 Å². The molecule has 1 N–H and O–H groups in total. The number of aromatic nitrogens is 2. The van der Waals surface area contributed by atoms with E-state index in [2.05, 4.69) is 31.2 Å². The van der Waals surface area contributed by atoms with Crippen molar-refractivity contribution in [3.63, 3.8) is 0 Å². The Bertz CT molecular complexity index is 965. The quantitative estimate of drug-likeness (QED) is 0.719. The number of furan rings is 1. The van der Waals surface area contributed by atoms with E-state index in [9.17, 15) is 4.79 Å². The first-order valence-electron chi connectivity index (χ1n) is 9.21. The number of carbonyl (C=O) groups excluding carboxylic acids is 1. The van der Waals surface area contributed by atoms with Crippen LogP contribution in [0.1, 0.15) is 64.9 Å². The van der Waals surface area contributed by atoms with Crippen LogP contribution in [0.2, 0.25) is 0 Å². The highest BCUT2D eigenvalue weighted by molar-refractivity contribution is 5.99. The van der Waals surface area contributed by atoms with Crippen LogP contribution in [0.4, 0.5) is 0 Å². The Morgan fingerprint density at radius 2 is 1.96 bits per heavy atom. The minimum absolute atomic E-state index is 0.0860. The lowest BCUT2D eigenvalue weighted by Crippen LogP contribution is -2.29. The Kier molecular flexibility index (Phi) is 4.90. The molecule has 3 aromatic rings. The normalized spacial score (nSPS) is 12.5. The van der Waals surface area contributed by atoms with Crippen molar-refractivity contribution in [2.24, 2.45) is 0 Å². The number of fused-ring (bicyclic) bond motifs is 1. The molecular weight excluding hydrogens is 326 g/mol. The van der Waals surface area contributed by atoms with Gasteiger partial charge in [-0.3, -0.25) is 9.48 Å². The summed E-state index contributed by atoms with van der Waals surface area (Å²) in [6.07, 6.45) is 0.793. The predicted octanol–water partition coefficient (Wildman–Crippen LogP) is 4.76. The lowest BCUT2D eigenvalue weighted by atomic mass is 10.0. The Morgan fingerprint density at radius 3 is 2.58 bits per heavy atom. The van der Waals surface area contributed by atoms with Gasteiger partial charge in [-0.1, -0.05) is 19.1 Å². The van der Waals surface area contributed by atoms with Crippen molar-refractivity contribution >= 4 is 16.9 Å². The van der Waals surface area contributed by atoms with Gasteiger partial charge in [0, 0.05) is 28.8 Å². The molecule has 3 rings (SSSR count). The molecule has 0 fully saturated rings. The summed E-state index contributed by atoms with van der Waals surface area (Å²) >= 11 is 0. The molecule has 26 heavy (non-hydrogen) atoms. The van der Waals surface area contributed by atoms with E-state index in [1.807, 2.05) is 43.7 Å². The summed E-state index contributed by atoms with van der Waals surface area (Å²) in [4.78, 5) is 12.9. The smallest absolute Gasteiger partial charge is 0.287 e. The van der Waals surface area contributed by atoms with E-state index in [0.717, 1.165) is 52.0 Å². The van der Waals surface area contributed by atoms with Crippen LogP contribution in [0.5, 0.6) is 0 Å². The fourth-order valence-corrected chi connectivity index (χ4v) is 3.67. The number of nitrogens with one attached hydrogen (secondary N) is 1. The van der Waals surface area contributed by atoms with Gasteiger partial charge in [0.15, 0.2) is 5.76 Å². The third-order valence-electron chi connectivity index (χ3n) is 5.10. The molecule has 1 amide bonds. The molecule has 138 valence electrons. The van der Waals surface area contributed by atoms with Crippen LogP contribution >= 0.6 is 0 Å². The van der Waals surface area contributed by atoms with Gasteiger partial charge in [0.05, 0.1) is 11.7 Å². The number of hydrogen-bond acceptors (Lipinski definition) is 3. The summed E-state index contributed by atoms with van der Waals surface area (Å²) < 4.78 is 7.86. The van der Waals surface area contributed by atoms with Gasteiger partial charge in [0.1, 0.15) is 5.58 Å². The molecule has 0 unspecified atom stereocenters. The number of carbonyl (C=O) groups is 1. The third kappa shape index (κ3) is 3.02. The minimum Gasteiger partial charge on any atom is -0.451 e. The van der Waals surface area contributed by atoms with Crippen LogP contribution in [0.3, 0.4) is 0 Å². The molecule has 5 heteroatoms. The van der Waals surface area contributed by atoms with Gasteiger partial charge in [0.2, 0.25) is 0 Å². The van der Waals surface area contributed by atoms with E-state index >= 15 is 0 Å². The van der Waals surface area contributed by atoms with Crippen molar-refractivity contribution in [3.8, 4) is 0 Å². The summed E-state index contributed by atoms with van der Waals surface area (Å²) in [6, 6.07) is 5.93. The second-order valence-corrected chi connectivity index (χ2v) is 6.89. The van der Waals surface area contributed by atoms with Crippen molar-refractivity contribution in [1.82, 2.24) is 15.1 Å². The largest absolute Gasteiger partial charge is 0.451 e. The molecule has 0 radical (unpaired) electrons. The SMILES string of the molecule is CC[C@@H](NC(=O)c1oc2cc(C)ccc2c1C)c1c(C)nn(CC)c1C. The first-order valence-corrected chi connectivity index (χ1v) is 9.21. The molecule has 2 aromatic heterocycles. The highest BCUT2D eigenvalue weighted by Crippen LogP contribution is 2.28. The third-order valence-corrected chi connectivity index (χ3v) is 5.10. The van der Waals surface area contributed by atoms with Gasteiger partial charge in [0.25, 0.3) is 5.91 Å². The summed E-state index contributed by atoms with van der Waals surface area (Å²) in [5.41, 5.74) is 5.93. The van der Waals surface area contributed by atoms with Crippen molar-refractivity contribution in [1.29, 1.82) is 0 Å². The first kappa shape index (κ1) is 18.2. The van der Waals surface area contributed by atoms with E-state index in [0.29, 0.717) is 5.76 Å². The zero-order chi connectivity index (χ0) is 19.0. The fourth-order valence-electron chi connectivity index (χ4n) is 3.67. The van der Waals surface area contributed by atoms with Crippen molar-refractivity contribution in [2.45, 2.75) is 60.5 Å². The van der Waals surface area contributed by atoms with Gasteiger partial charge in [-0.05, 0) is 52.7 Å². The number of aryl methyl sites for hydroxylation is 4. The monoisotopic (exact) mass is 353 g/mol. The van der Waals surface area contributed by atoms with Crippen LogP contribution < -0.4 is 5.32 Å². The highest BCUT2D eigenvalue weighted by Gasteiger charge is 2.24. The number of hydrogen-bond donors (Lipinski definition) is 1. The van der Waals surface area contributed by atoms with Crippen LogP contribution in [-0.4, -0.2) is 15.7 Å². The Labute approximate surface area is 154 Å². The number of nitrogens with zero attached hydrogens (tertiary/aromatic N) is 2. The highest BCUT2D eigenvalue weighted by atomic mass is 16.3. The molecule has 0 aliphatic heterocycles. The molecular formula is C21H27N3O2. The van der Waals surface area contributed by atoms with E-state index in [4.69, 9.17) is 4.42 Å². The van der Waals surface area contributed by atoms with Crippen LogP contribution in [-0.2, 0) is 6.54 Å². The van der Waals surface area contributed by atoms with Crippen molar-refractivity contribution in [2.75, 3.05) is 0 Å². The van der Waals surface area contributed by atoms with E-state index in [1.165, 1.54) is 0 Å². The Hall–Kier alpha value is -2.56. The van der Waals surface area contributed by atoms with Crippen LogP contribution in [0.25, 0.3) is 11.0 Å². The predicted molar refractivity (Wildman–Crippen MR) is 104 cm³/mol. The van der Waals surface area contributed by atoms with Gasteiger partial charge in [-0.2, -0.15) is 5.10 Å². The molecule has 0 spiro atoms. The van der Waals surface area contributed by atoms with E-state index in [-0.39, 0.29) is 11.9 Å². The molecule has 0 aliphatic carbocycles. The molecule has 0 saturated heterocycles. The molecule has 1 atom stereocenters. The molecule has 0 bridgehead atoms. The first-order chi connectivity index (χ1) is 12.4. The average molecular weight is 353 g/mol. The van der Waals surface area contributed by atoms with Crippen LogP contribution in [0.15, 0.2) is 22.6 Å². The molecule has 0 saturated carbocycles. The summed E-state index contributed by atoms with van der Waals surface area (Å²) in [6.45, 7) is 13.0. The average Bonchev–Trinajstić information content (AvgIpc) is 3.09. The Balaban J connectivity index is 1.93. The van der Waals surface area contributed by atoms with Gasteiger partial charge in [-0.25, -0.2) is 0 Å². The number of amides is 1. The lowest BCUT2D eigenvalue weighted by molar-refractivity contribution is 0.0908. The zero-order valence-electron chi connectivity index (χ0n) is 16.4.